The SMILES string of the molecule is CC(=O)N/C(=C\c1c[nH]c2ccccc12)C(=O)NC(Cc1c[nH]c2ccccc12)C(=O)O. The van der Waals surface area contributed by atoms with Crippen LogP contribution in [0.2, 0.25) is 0 Å². The quantitative estimate of drug-likeness (QED) is 0.289. The minimum Gasteiger partial charge on any atom is -0.480 e. The highest BCUT2D eigenvalue weighted by molar-refractivity contribution is 6.04. The molecule has 8 nitrogen and oxygen atoms in total. The molecule has 1 atom stereocenters. The summed E-state index contributed by atoms with van der Waals surface area (Å²) in [6.45, 7) is 1.29. The first-order valence-corrected chi connectivity index (χ1v) is 10.1. The van der Waals surface area contributed by atoms with Gasteiger partial charge in [-0.15, -0.1) is 0 Å². The van der Waals surface area contributed by atoms with Gasteiger partial charge in [0, 0.05) is 53.1 Å². The van der Waals surface area contributed by atoms with Gasteiger partial charge in [0.15, 0.2) is 0 Å². The summed E-state index contributed by atoms with van der Waals surface area (Å²) in [5.74, 6) is -2.29. The fourth-order valence-corrected chi connectivity index (χ4v) is 3.67. The molecule has 162 valence electrons. The summed E-state index contributed by atoms with van der Waals surface area (Å²) in [6, 6.07) is 13.9. The van der Waals surface area contributed by atoms with Crippen molar-refractivity contribution in [3.05, 3.63) is 77.7 Å². The summed E-state index contributed by atoms with van der Waals surface area (Å²) in [4.78, 5) is 42.8. The number of hydrogen-bond acceptors (Lipinski definition) is 3. The van der Waals surface area contributed by atoms with E-state index in [9.17, 15) is 19.5 Å². The molecule has 0 saturated carbocycles. The van der Waals surface area contributed by atoms with Gasteiger partial charge in [0.1, 0.15) is 11.7 Å². The zero-order valence-corrected chi connectivity index (χ0v) is 17.3. The molecule has 2 amide bonds. The number of carboxylic acids is 1. The minimum atomic E-state index is -1.18. The van der Waals surface area contributed by atoms with Crippen LogP contribution in [0, 0.1) is 0 Å². The third-order valence-electron chi connectivity index (χ3n) is 5.18. The third-order valence-corrected chi connectivity index (χ3v) is 5.18. The molecule has 5 N–H and O–H groups in total. The third kappa shape index (κ3) is 4.39. The number of carbonyl (C=O) groups excluding carboxylic acids is 2. The lowest BCUT2D eigenvalue weighted by atomic mass is 10.0. The molecule has 2 aromatic carbocycles. The van der Waals surface area contributed by atoms with Crippen LogP contribution in [0.4, 0.5) is 0 Å². The highest BCUT2D eigenvalue weighted by Gasteiger charge is 2.24. The molecule has 0 radical (unpaired) electrons. The number of aromatic amines is 2. The Labute approximate surface area is 183 Å². The summed E-state index contributed by atoms with van der Waals surface area (Å²) >= 11 is 0. The van der Waals surface area contributed by atoms with Crippen molar-refractivity contribution >= 4 is 45.7 Å². The van der Waals surface area contributed by atoms with Gasteiger partial charge in [-0.3, -0.25) is 9.59 Å². The maximum Gasteiger partial charge on any atom is 0.326 e. The number of carbonyl (C=O) groups is 3. The number of hydrogen-bond donors (Lipinski definition) is 5. The van der Waals surface area contributed by atoms with Gasteiger partial charge in [-0.05, 0) is 23.8 Å². The molecule has 0 fully saturated rings. The van der Waals surface area contributed by atoms with E-state index in [0.717, 1.165) is 27.4 Å². The van der Waals surface area contributed by atoms with E-state index in [4.69, 9.17) is 0 Å². The van der Waals surface area contributed by atoms with Crippen LogP contribution < -0.4 is 10.6 Å². The van der Waals surface area contributed by atoms with E-state index in [1.807, 2.05) is 48.5 Å². The van der Waals surface area contributed by atoms with Gasteiger partial charge < -0.3 is 25.7 Å². The van der Waals surface area contributed by atoms with Gasteiger partial charge in [0.05, 0.1) is 0 Å². The lowest BCUT2D eigenvalue weighted by Crippen LogP contribution is -2.45. The monoisotopic (exact) mass is 430 g/mol. The van der Waals surface area contributed by atoms with Crippen molar-refractivity contribution in [2.45, 2.75) is 19.4 Å². The number of amides is 2. The van der Waals surface area contributed by atoms with Gasteiger partial charge >= 0.3 is 5.97 Å². The first kappa shape index (κ1) is 20.9. The summed E-state index contributed by atoms with van der Waals surface area (Å²) in [5, 5.41) is 16.5. The Morgan fingerprint density at radius 3 is 2.28 bits per heavy atom. The Morgan fingerprint density at radius 1 is 0.969 bits per heavy atom. The molecular formula is C24H22N4O4. The van der Waals surface area contributed by atoms with E-state index in [1.165, 1.54) is 13.0 Å². The van der Waals surface area contributed by atoms with Crippen molar-refractivity contribution in [2.24, 2.45) is 0 Å². The van der Waals surface area contributed by atoms with Gasteiger partial charge in [0.2, 0.25) is 5.91 Å². The molecular weight excluding hydrogens is 408 g/mol. The molecule has 0 aliphatic rings. The number of nitrogens with one attached hydrogen (secondary N) is 4. The normalized spacial score (nSPS) is 12.6. The first-order chi connectivity index (χ1) is 15.4. The predicted molar refractivity (Wildman–Crippen MR) is 122 cm³/mol. The van der Waals surface area contributed by atoms with Gasteiger partial charge in [-0.2, -0.15) is 0 Å². The van der Waals surface area contributed by atoms with E-state index in [-0.39, 0.29) is 12.1 Å². The van der Waals surface area contributed by atoms with Crippen LogP contribution in [0.5, 0.6) is 0 Å². The van der Waals surface area contributed by atoms with Crippen LogP contribution in [0.15, 0.2) is 66.6 Å². The standard InChI is InChI=1S/C24H22N4O4/c1-14(29)27-21(10-15-12-25-19-8-4-2-6-17(15)19)23(30)28-22(24(31)32)11-16-13-26-20-9-5-3-7-18(16)20/h2-10,12-13,22,25-26H,11H2,1H3,(H,27,29)(H,28,30)(H,31,32)/b21-10-. The molecule has 0 aliphatic carbocycles. The zero-order valence-electron chi connectivity index (χ0n) is 17.3. The number of H-pyrrole nitrogens is 2. The molecule has 0 bridgehead atoms. The highest BCUT2D eigenvalue weighted by Crippen LogP contribution is 2.21. The number of aliphatic carboxylic acids is 1. The van der Waals surface area contributed by atoms with Crippen LogP contribution >= 0.6 is 0 Å². The van der Waals surface area contributed by atoms with Crippen molar-refractivity contribution in [1.29, 1.82) is 0 Å². The smallest absolute Gasteiger partial charge is 0.326 e. The molecule has 2 heterocycles. The van der Waals surface area contributed by atoms with Crippen LogP contribution in [-0.4, -0.2) is 38.9 Å². The van der Waals surface area contributed by atoms with E-state index < -0.39 is 23.8 Å². The first-order valence-electron chi connectivity index (χ1n) is 10.1. The number of para-hydroxylation sites is 2. The Hall–Kier alpha value is -4.33. The summed E-state index contributed by atoms with van der Waals surface area (Å²) in [7, 11) is 0. The average molecular weight is 430 g/mol. The zero-order chi connectivity index (χ0) is 22.7. The summed E-state index contributed by atoms with van der Waals surface area (Å²) in [5.41, 5.74) is 3.20. The maximum atomic E-state index is 13.0. The maximum absolute atomic E-state index is 13.0. The lowest BCUT2D eigenvalue weighted by Gasteiger charge is -2.16. The second kappa shape index (κ2) is 8.81. The highest BCUT2D eigenvalue weighted by atomic mass is 16.4. The van der Waals surface area contributed by atoms with E-state index in [2.05, 4.69) is 20.6 Å². The Balaban J connectivity index is 1.61. The van der Waals surface area contributed by atoms with Crippen LogP contribution in [-0.2, 0) is 20.8 Å². The number of aromatic nitrogens is 2. The molecule has 4 rings (SSSR count). The fourth-order valence-electron chi connectivity index (χ4n) is 3.67. The number of fused-ring (bicyclic) bond motifs is 2. The topological polar surface area (TPSA) is 127 Å². The van der Waals surface area contributed by atoms with E-state index >= 15 is 0 Å². The molecule has 2 aromatic heterocycles. The molecule has 0 saturated heterocycles. The molecule has 0 spiro atoms. The number of carboxylic acid groups (broad SMARTS) is 1. The van der Waals surface area contributed by atoms with Crippen LogP contribution in [0.1, 0.15) is 18.1 Å². The Kier molecular flexibility index (Phi) is 5.76. The van der Waals surface area contributed by atoms with Crippen LogP contribution in [0.25, 0.3) is 27.9 Å². The van der Waals surface area contributed by atoms with Crippen molar-refractivity contribution in [3.8, 4) is 0 Å². The minimum absolute atomic E-state index is 0.0348. The van der Waals surface area contributed by atoms with Gasteiger partial charge in [0.25, 0.3) is 5.91 Å². The summed E-state index contributed by atoms with van der Waals surface area (Å²) in [6.07, 6.45) is 5.08. The largest absolute Gasteiger partial charge is 0.480 e. The van der Waals surface area contributed by atoms with E-state index in [1.54, 1.807) is 12.4 Å². The second-order valence-electron chi connectivity index (χ2n) is 7.46. The predicted octanol–water partition coefficient (Wildman–Crippen LogP) is 2.94. The van der Waals surface area contributed by atoms with Crippen molar-refractivity contribution in [3.63, 3.8) is 0 Å². The fraction of sp³-hybridized carbons (Fsp3) is 0.125. The Bertz CT molecular complexity index is 1350. The average Bonchev–Trinajstić information content (AvgIpc) is 3.37. The molecule has 32 heavy (non-hydrogen) atoms. The number of benzene rings is 2. The lowest BCUT2D eigenvalue weighted by molar-refractivity contribution is -0.141. The second-order valence-corrected chi connectivity index (χ2v) is 7.46. The van der Waals surface area contributed by atoms with Gasteiger partial charge in [-0.25, -0.2) is 4.79 Å². The number of rotatable bonds is 7. The van der Waals surface area contributed by atoms with Crippen LogP contribution in [0.3, 0.4) is 0 Å². The molecule has 8 heteroatoms. The molecule has 1 unspecified atom stereocenters. The van der Waals surface area contributed by atoms with Crippen molar-refractivity contribution in [2.75, 3.05) is 0 Å². The van der Waals surface area contributed by atoms with Crippen molar-refractivity contribution in [1.82, 2.24) is 20.6 Å². The van der Waals surface area contributed by atoms with Crippen molar-refractivity contribution < 1.29 is 19.5 Å². The molecule has 4 aromatic rings. The molecule has 0 aliphatic heterocycles. The Morgan fingerprint density at radius 2 is 1.59 bits per heavy atom. The van der Waals surface area contributed by atoms with E-state index in [0.29, 0.717) is 5.56 Å². The summed E-state index contributed by atoms with van der Waals surface area (Å²) < 4.78 is 0. The van der Waals surface area contributed by atoms with Gasteiger partial charge in [-0.1, -0.05) is 36.4 Å².